The van der Waals surface area contributed by atoms with E-state index in [0.29, 0.717) is 0 Å². The summed E-state index contributed by atoms with van der Waals surface area (Å²) >= 11 is 7.37. The summed E-state index contributed by atoms with van der Waals surface area (Å²) < 4.78 is 5.91. The van der Waals surface area contributed by atoms with Gasteiger partial charge in [0.05, 0.1) is 6.61 Å². The fourth-order valence-corrected chi connectivity index (χ4v) is 4.75. The topological polar surface area (TPSA) is 9.23 Å². The second-order valence-electron chi connectivity index (χ2n) is 3.62. The molecule has 0 spiro atoms. The number of hydrogen-bond donors (Lipinski definition) is 0. The highest BCUT2D eigenvalue weighted by Crippen LogP contribution is 2.61. The Labute approximate surface area is 108 Å². The highest BCUT2D eigenvalue weighted by atomic mass is 32.9. The normalized spacial score (nSPS) is 14.6. The summed E-state index contributed by atoms with van der Waals surface area (Å²) in [5.74, 6) is 0. The second kappa shape index (κ2) is 7.50. The third kappa shape index (κ3) is 5.01. The standard InChI is InChI=1S/C12H19OPS2/c1-3-4-10-13-14(15,16-2)11-12-8-6-5-7-9-12/h5-9H,3-4,10-11H2,1-2H3. The number of unbranched alkanes of at least 4 members (excludes halogenated alkanes) is 1. The van der Waals surface area contributed by atoms with Crippen LogP contribution in [0.4, 0.5) is 0 Å². The van der Waals surface area contributed by atoms with Crippen LogP contribution < -0.4 is 0 Å². The maximum atomic E-state index is 5.91. The van der Waals surface area contributed by atoms with Crippen LogP contribution in [0.5, 0.6) is 0 Å². The lowest BCUT2D eigenvalue weighted by Crippen LogP contribution is -1.93. The van der Waals surface area contributed by atoms with Crippen molar-refractivity contribution in [3.05, 3.63) is 35.9 Å². The first-order valence-electron chi connectivity index (χ1n) is 5.53. The molecule has 1 aromatic carbocycles. The van der Waals surface area contributed by atoms with Crippen molar-refractivity contribution in [2.24, 2.45) is 0 Å². The molecule has 1 nitrogen and oxygen atoms in total. The Balaban J connectivity index is 2.56. The molecule has 16 heavy (non-hydrogen) atoms. The molecule has 1 rings (SSSR count). The van der Waals surface area contributed by atoms with E-state index in [1.54, 1.807) is 11.4 Å². The summed E-state index contributed by atoms with van der Waals surface area (Å²) in [6.45, 7) is 2.98. The Kier molecular flexibility index (Phi) is 6.67. The largest absolute Gasteiger partial charge is 0.341 e. The van der Waals surface area contributed by atoms with Gasteiger partial charge in [-0.05, 0) is 18.2 Å². The van der Waals surface area contributed by atoms with Gasteiger partial charge in [0.2, 0.25) is 0 Å². The van der Waals surface area contributed by atoms with Gasteiger partial charge in [0, 0.05) is 6.16 Å². The Morgan fingerprint density at radius 1 is 1.31 bits per heavy atom. The lowest BCUT2D eigenvalue weighted by atomic mass is 10.2. The van der Waals surface area contributed by atoms with Crippen molar-refractivity contribution < 1.29 is 4.52 Å². The lowest BCUT2D eigenvalue weighted by Gasteiger charge is -2.20. The minimum Gasteiger partial charge on any atom is -0.341 e. The van der Waals surface area contributed by atoms with Crippen LogP contribution in [0.2, 0.25) is 0 Å². The van der Waals surface area contributed by atoms with Gasteiger partial charge in [-0.25, -0.2) is 0 Å². The van der Waals surface area contributed by atoms with E-state index in [1.807, 2.05) is 6.07 Å². The van der Waals surface area contributed by atoms with Gasteiger partial charge in [-0.1, -0.05) is 55.5 Å². The van der Waals surface area contributed by atoms with Crippen molar-refractivity contribution in [1.82, 2.24) is 0 Å². The molecule has 1 aromatic rings. The molecule has 0 aromatic heterocycles. The number of hydrogen-bond acceptors (Lipinski definition) is 3. The smallest absolute Gasteiger partial charge is 0.123 e. The van der Waals surface area contributed by atoms with Crippen LogP contribution in [0.15, 0.2) is 30.3 Å². The summed E-state index contributed by atoms with van der Waals surface area (Å²) in [7, 11) is 0. The quantitative estimate of drug-likeness (QED) is 0.528. The van der Waals surface area contributed by atoms with E-state index in [1.165, 1.54) is 5.56 Å². The minimum absolute atomic E-state index is 0.807. The van der Waals surface area contributed by atoms with Crippen LogP contribution in [0.3, 0.4) is 0 Å². The summed E-state index contributed by atoms with van der Waals surface area (Å²) in [6.07, 6.45) is 5.23. The molecule has 0 heterocycles. The predicted octanol–water partition coefficient (Wildman–Crippen LogP) is 4.68. The molecule has 0 aliphatic rings. The highest BCUT2D eigenvalue weighted by Gasteiger charge is 2.16. The molecule has 0 aliphatic heterocycles. The van der Waals surface area contributed by atoms with Gasteiger partial charge in [-0.2, -0.15) is 0 Å². The van der Waals surface area contributed by atoms with Crippen molar-refractivity contribution in [3.8, 4) is 0 Å². The van der Waals surface area contributed by atoms with Crippen LogP contribution in [0, 0.1) is 0 Å². The van der Waals surface area contributed by atoms with E-state index in [-0.39, 0.29) is 0 Å². The third-order valence-corrected chi connectivity index (χ3v) is 8.59. The first kappa shape index (κ1) is 14.2. The summed E-state index contributed by atoms with van der Waals surface area (Å²) in [5, 5.41) is 0. The van der Waals surface area contributed by atoms with E-state index in [2.05, 4.69) is 37.4 Å². The molecule has 0 saturated heterocycles. The van der Waals surface area contributed by atoms with Crippen molar-refractivity contribution in [2.45, 2.75) is 25.9 Å². The maximum absolute atomic E-state index is 5.91. The van der Waals surface area contributed by atoms with Crippen LogP contribution in [-0.2, 0) is 22.5 Å². The van der Waals surface area contributed by atoms with Gasteiger partial charge in [0.25, 0.3) is 0 Å². The summed E-state index contributed by atoms with van der Waals surface area (Å²) in [4.78, 5) is 0. The Hall–Kier alpha value is 0.180. The van der Waals surface area contributed by atoms with Crippen LogP contribution in [-0.4, -0.2) is 12.9 Å². The fourth-order valence-electron chi connectivity index (χ4n) is 1.32. The van der Waals surface area contributed by atoms with E-state index in [0.717, 1.165) is 25.6 Å². The Morgan fingerprint density at radius 3 is 2.56 bits per heavy atom. The monoisotopic (exact) mass is 274 g/mol. The fraction of sp³-hybridized carbons (Fsp3) is 0.500. The molecular weight excluding hydrogens is 255 g/mol. The number of rotatable bonds is 7. The minimum atomic E-state index is -1.70. The van der Waals surface area contributed by atoms with E-state index >= 15 is 0 Å². The molecule has 0 fully saturated rings. The van der Waals surface area contributed by atoms with E-state index in [9.17, 15) is 0 Å². The zero-order chi connectivity index (χ0) is 11.9. The molecule has 0 bridgehead atoms. The SMILES string of the molecule is CCCCOP(=S)(Cc1ccccc1)SC. The van der Waals surface area contributed by atoms with Gasteiger partial charge in [0.1, 0.15) is 5.47 Å². The van der Waals surface area contributed by atoms with Crippen molar-refractivity contribution in [2.75, 3.05) is 12.9 Å². The first-order chi connectivity index (χ1) is 7.70. The Bertz CT molecular complexity index is 340. The third-order valence-electron chi connectivity index (χ3n) is 2.28. The van der Waals surface area contributed by atoms with Gasteiger partial charge in [-0.15, -0.1) is 11.4 Å². The molecule has 1 atom stereocenters. The van der Waals surface area contributed by atoms with E-state index < -0.39 is 5.47 Å². The summed E-state index contributed by atoms with van der Waals surface area (Å²) in [6, 6.07) is 10.4. The maximum Gasteiger partial charge on any atom is 0.123 e. The average molecular weight is 274 g/mol. The van der Waals surface area contributed by atoms with Crippen LogP contribution in [0.25, 0.3) is 0 Å². The average Bonchev–Trinajstić information content (AvgIpc) is 2.31. The van der Waals surface area contributed by atoms with Gasteiger partial charge < -0.3 is 4.52 Å². The van der Waals surface area contributed by atoms with Crippen molar-refractivity contribution in [1.29, 1.82) is 0 Å². The van der Waals surface area contributed by atoms with Gasteiger partial charge in [0.15, 0.2) is 0 Å². The van der Waals surface area contributed by atoms with Gasteiger partial charge in [-0.3, -0.25) is 0 Å². The van der Waals surface area contributed by atoms with Gasteiger partial charge >= 0.3 is 0 Å². The lowest BCUT2D eigenvalue weighted by molar-refractivity contribution is 0.347. The predicted molar refractivity (Wildman–Crippen MR) is 78.8 cm³/mol. The molecule has 0 saturated carbocycles. The molecule has 0 N–H and O–H groups in total. The molecule has 4 heteroatoms. The molecular formula is C12H19OPS2. The van der Waals surface area contributed by atoms with Crippen molar-refractivity contribution in [3.63, 3.8) is 0 Å². The molecule has 0 radical (unpaired) electrons. The molecule has 0 aliphatic carbocycles. The van der Waals surface area contributed by atoms with Crippen LogP contribution >= 0.6 is 16.8 Å². The number of benzene rings is 1. The molecule has 1 unspecified atom stereocenters. The summed E-state index contributed by atoms with van der Waals surface area (Å²) in [5.41, 5.74) is -0.413. The zero-order valence-corrected chi connectivity index (χ0v) is 12.4. The first-order valence-corrected chi connectivity index (χ1v) is 10.3. The zero-order valence-electron chi connectivity index (χ0n) is 9.89. The molecule has 90 valence electrons. The Morgan fingerprint density at radius 2 is 2.00 bits per heavy atom. The highest BCUT2D eigenvalue weighted by molar-refractivity contribution is 8.68. The van der Waals surface area contributed by atoms with Crippen molar-refractivity contribution >= 4 is 28.7 Å². The van der Waals surface area contributed by atoms with Crippen LogP contribution in [0.1, 0.15) is 25.3 Å². The second-order valence-corrected chi connectivity index (χ2v) is 11.1. The molecule has 0 amide bonds. The van der Waals surface area contributed by atoms with E-state index in [4.69, 9.17) is 16.3 Å².